The summed E-state index contributed by atoms with van der Waals surface area (Å²) in [4.78, 5) is 17.2. The normalized spacial score (nSPS) is 23.0. The highest BCUT2D eigenvalue weighted by Gasteiger charge is 2.29. The Kier molecular flexibility index (Phi) is 6.54. The number of hydrogen-bond acceptors (Lipinski definition) is 4. The molecule has 2 fully saturated rings. The number of nitrogens with zero attached hydrogens (tertiary/aromatic N) is 2. The van der Waals surface area contributed by atoms with Gasteiger partial charge in [-0.05, 0) is 51.2 Å². The van der Waals surface area contributed by atoms with E-state index in [9.17, 15) is 4.79 Å². The van der Waals surface area contributed by atoms with E-state index >= 15 is 0 Å². The lowest BCUT2D eigenvalue weighted by Gasteiger charge is -2.38. The molecule has 26 heavy (non-hydrogen) atoms. The van der Waals surface area contributed by atoms with Crippen molar-refractivity contribution in [2.45, 2.75) is 45.3 Å². The first-order valence-corrected chi connectivity index (χ1v) is 9.83. The van der Waals surface area contributed by atoms with Crippen LogP contribution in [0.15, 0.2) is 24.3 Å². The quantitative estimate of drug-likeness (QED) is 0.782. The zero-order valence-electron chi connectivity index (χ0n) is 16.3. The second-order valence-electron chi connectivity index (χ2n) is 7.78. The molecule has 5 heteroatoms. The molecule has 2 atom stereocenters. The van der Waals surface area contributed by atoms with Crippen molar-refractivity contribution >= 4 is 5.91 Å². The Labute approximate surface area is 157 Å². The summed E-state index contributed by atoms with van der Waals surface area (Å²) < 4.78 is 11.3. The van der Waals surface area contributed by atoms with E-state index in [4.69, 9.17) is 9.47 Å². The van der Waals surface area contributed by atoms with Crippen LogP contribution in [-0.4, -0.2) is 67.7 Å². The van der Waals surface area contributed by atoms with Gasteiger partial charge in [0.2, 0.25) is 0 Å². The molecular formula is C21H32N2O3. The van der Waals surface area contributed by atoms with Crippen LogP contribution in [0.1, 0.15) is 31.7 Å². The van der Waals surface area contributed by atoms with Crippen LogP contribution < -0.4 is 4.74 Å². The van der Waals surface area contributed by atoms with E-state index in [0.717, 1.165) is 51.4 Å². The van der Waals surface area contributed by atoms with Gasteiger partial charge < -0.3 is 19.3 Å². The molecule has 2 heterocycles. The number of rotatable bonds is 6. The summed E-state index contributed by atoms with van der Waals surface area (Å²) in [6, 6.07) is 8.15. The first kappa shape index (κ1) is 19.2. The number of likely N-dealkylation sites (tertiary alicyclic amines) is 1. The van der Waals surface area contributed by atoms with Gasteiger partial charge in [0.25, 0.3) is 5.91 Å². The Bertz CT molecular complexity index is 575. The molecule has 0 aromatic heterocycles. The summed E-state index contributed by atoms with van der Waals surface area (Å²) in [6.07, 6.45) is 2.79. The van der Waals surface area contributed by atoms with Crippen molar-refractivity contribution in [3.63, 3.8) is 0 Å². The lowest BCUT2D eigenvalue weighted by Crippen LogP contribution is -2.49. The van der Waals surface area contributed by atoms with Crippen molar-refractivity contribution in [1.29, 1.82) is 0 Å². The molecule has 0 bridgehead atoms. The van der Waals surface area contributed by atoms with Gasteiger partial charge in [0, 0.05) is 39.3 Å². The maximum atomic E-state index is 12.7. The number of aryl methyl sites for hydroxylation is 1. The second kappa shape index (κ2) is 8.87. The lowest BCUT2D eigenvalue weighted by molar-refractivity contribution is -0.139. The number of benzene rings is 1. The molecule has 144 valence electrons. The van der Waals surface area contributed by atoms with Crippen LogP contribution in [0.2, 0.25) is 0 Å². The van der Waals surface area contributed by atoms with E-state index in [-0.39, 0.29) is 5.91 Å². The summed E-state index contributed by atoms with van der Waals surface area (Å²) >= 11 is 0. The van der Waals surface area contributed by atoms with Gasteiger partial charge in [-0.3, -0.25) is 4.79 Å². The molecule has 0 spiro atoms. The fraction of sp³-hybridized carbons (Fsp3) is 0.667. The Morgan fingerprint density at radius 2 is 1.96 bits per heavy atom. The van der Waals surface area contributed by atoms with Gasteiger partial charge in [-0.1, -0.05) is 17.7 Å². The van der Waals surface area contributed by atoms with E-state index in [2.05, 4.69) is 4.90 Å². The summed E-state index contributed by atoms with van der Waals surface area (Å²) in [7, 11) is 1.92. The molecule has 1 amide bonds. The molecule has 0 saturated carbocycles. The third-order valence-electron chi connectivity index (χ3n) is 5.67. The standard InChI is InChI=1S/C21H32N2O3/c1-16-4-6-20(7-5-16)26-17(2)21(24)22(3)19-8-11-23(12-9-19)14-18-10-13-25-15-18/h4-7,17-19H,8-15H2,1-3H3. The highest BCUT2D eigenvalue weighted by Crippen LogP contribution is 2.21. The van der Waals surface area contributed by atoms with Crippen molar-refractivity contribution in [1.82, 2.24) is 9.80 Å². The van der Waals surface area contributed by atoms with Gasteiger partial charge in [0.1, 0.15) is 5.75 Å². The van der Waals surface area contributed by atoms with Gasteiger partial charge in [0.15, 0.2) is 6.10 Å². The fourth-order valence-corrected chi connectivity index (χ4v) is 3.92. The Morgan fingerprint density at radius 1 is 1.27 bits per heavy atom. The smallest absolute Gasteiger partial charge is 0.263 e. The first-order chi connectivity index (χ1) is 12.5. The molecule has 1 aromatic rings. The molecular weight excluding hydrogens is 328 g/mol. The summed E-state index contributed by atoms with van der Waals surface area (Å²) in [5, 5.41) is 0. The fourth-order valence-electron chi connectivity index (χ4n) is 3.92. The number of piperidine rings is 1. The zero-order chi connectivity index (χ0) is 18.5. The SMILES string of the molecule is Cc1ccc(OC(C)C(=O)N(C)C2CCN(CC3CCOC3)CC2)cc1. The minimum absolute atomic E-state index is 0.0632. The monoisotopic (exact) mass is 360 g/mol. The maximum absolute atomic E-state index is 12.7. The van der Waals surface area contributed by atoms with Gasteiger partial charge >= 0.3 is 0 Å². The maximum Gasteiger partial charge on any atom is 0.263 e. The van der Waals surface area contributed by atoms with E-state index in [0.29, 0.717) is 12.0 Å². The third kappa shape index (κ3) is 4.98. The molecule has 0 N–H and O–H groups in total. The Balaban J connectivity index is 1.45. The minimum atomic E-state index is -0.462. The largest absolute Gasteiger partial charge is 0.481 e. The molecule has 2 aliphatic rings. The number of ether oxygens (including phenoxy) is 2. The van der Waals surface area contributed by atoms with E-state index in [1.807, 2.05) is 50.1 Å². The van der Waals surface area contributed by atoms with Crippen molar-refractivity contribution in [3.8, 4) is 5.75 Å². The van der Waals surface area contributed by atoms with E-state index in [1.54, 1.807) is 0 Å². The van der Waals surface area contributed by atoms with Crippen molar-refractivity contribution in [2.75, 3.05) is 39.9 Å². The average Bonchev–Trinajstić information content (AvgIpc) is 3.16. The molecule has 2 saturated heterocycles. The highest BCUT2D eigenvalue weighted by atomic mass is 16.5. The van der Waals surface area contributed by atoms with Crippen molar-refractivity contribution in [3.05, 3.63) is 29.8 Å². The highest BCUT2D eigenvalue weighted by molar-refractivity contribution is 5.81. The van der Waals surface area contributed by atoms with Crippen LogP contribution in [-0.2, 0) is 9.53 Å². The third-order valence-corrected chi connectivity index (χ3v) is 5.67. The van der Waals surface area contributed by atoms with Crippen molar-refractivity contribution < 1.29 is 14.3 Å². The van der Waals surface area contributed by atoms with Crippen LogP contribution in [0.3, 0.4) is 0 Å². The Morgan fingerprint density at radius 3 is 2.58 bits per heavy atom. The lowest BCUT2D eigenvalue weighted by atomic mass is 10.0. The molecule has 2 unspecified atom stereocenters. The van der Waals surface area contributed by atoms with E-state index < -0.39 is 6.10 Å². The summed E-state index contributed by atoms with van der Waals surface area (Å²) in [5.41, 5.74) is 1.18. The van der Waals surface area contributed by atoms with E-state index in [1.165, 1.54) is 12.0 Å². The first-order valence-electron chi connectivity index (χ1n) is 9.83. The van der Waals surface area contributed by atoms with Gasteiger partial charge in [-0.15, -0.1) is 0 Å². The van der Waals surface area contributed by atoms with Crippen LogP contribution in [0.25, 0.3) is 0 Å². The van der Waals surface area contributed by atoms with Crippen molar-refractivity contribution in [2.24, 2.45) is 5.92 Å². The number of carbonyl (C=O) groups is 1. The molecule has 3 rings (SSSR count). The second-order valence-corrected chi connectivity index (χ2v) is 7.78. The Hall–Kier alpha value is -1.59. The number of amides is 1. The zero-order valence-corrected chi connectivity index (χ0v) is 16.3. The number of carbonyl (C=O) groups excluding carboxylic acids is 1. The molecule has 5 nitrogen and oxygen atoms in total. The van der Waals surface area contributed by atoms with Gasteiger partial charge in [-0.2, -0.15) is 0 Å². The van der Waals surface area contributed by atoms with Gasteiger partial charge in [-0.25, -0.2) is 0 Å². The van der Waals surface area contributed by atoms with Crippen LogP contribution in [0.4, 0.5) is 0 Å². The molecule has 2 aliphatic heterocycles. The number of likely N-dealkylation sites (N-methyl/N-ethyl adjacent to an activating group) is 1. The summed E-state index contributed by atoms with van der Waals surface area (Å²) in [5.74, 6) is 1.50. The topological polar surface area (TPSA) is 42.0 Å². The molecule has 0 aliphatic carbocycles. The molecule has 0 radical (unpaired) electrons. The van der Waals surface area contributed by atoms with Crippen LogP contribution in [0, 0.1) is 12.8 Å². The van der Waals surface area contributed by atoms with Crippen LogP contribution >= 0.6 is 0 Å². The van der Waals surface area contributed by atoms with Crippen LogP contribution in [0.5, 0.6) is 5.75 Å². The predicted octanol–water partition coefficient (Wildman–Crippen LogP) is 2.72. The van der Waals surface area contributed by atoms with Gasteiger partial charge in [0.05, 0.1) is 6.61 Å². The summed E-state index contributed by atoms with van der Waals surface area (Å²) in [6.45, 7) is 8.96. The predicted molar refractivity (Wildman–Crippen MR) is 102 cm³/mol. The average molecular weight is 360 g/mol. The minimum Gasteiger partial charge on any atom is -0.481 e. The molecule has 1 aromatic carbocycles. The number of hydrogen-bond donors (Lipinski definition) is 0.